The Morgan fingerprint density at radius 1 is 0.219 bits per heavy atom. The Morgan fingerprint density at radius 3 is 0.219 bits per heavy atom. The fraction of sp³-hybridized carbons (Fsp3) is 1.00. The van der Waals surface area contributed by atoms with Crippen LogP contribution >= 0.6 is 0 Å². The van der Waals surface area contributed by atoms with Gasteiger partial charge in [-0.3, -0.25) is 0 Å². The van der Waals surface area contributed by atoms with Crippen molar-refractivity contribution in [3.8, 4) is 0 Å². The first-order valence-corrected chi connectivity index (χ1v) is 10.2. The van der Waals surface area contributed by atoms with Gasteiger partial charge in [0.2, 0.25) is 0 Å². The van der Waals surface area contributed by atoms with Crippen LogP contribution in [0.2, 0.25) is 0 Å². The molecule has 0 aliphatic heterocycles. The summed E-state index contributed by atoms with van der Waals surface area (Å²) >= 11 is 0. The van der Waals surface area contributed by atoms with Crippen LogP contribution in [0.15, 0.2) is 0 Å². The summed E-state index contributed by atoms with van der Waals surface area (Å²) < 4.78 is 0. The Balaban J connectivity index is -0.0000000138. The van der Waals surface area contributed by atoms with Gasteiger partial charge in [0.1, 0.15) is 0 Å². The zero-order valence-corrected chi connectivity index (χ0v) is 28.9. The van der Waals surface area contributed by atoms with E-state index in [1.807, 2.05) is 0 Å². The Bertz CT molecular complexity index is 71.6. The van der Waals surface area contributed by atoms with Crippen molar-refractivity contribution in [3.63, 3.8) is 0 Å². The van der Waals surface area contributed by atoms with Gasteiger partial charge in [-0.2, -0.15) is 0 Å². The summed E-state index contributed by atoms with van der Waals surface area (Å²) in [4.78, 5) is 0. The molecule has 0 amide bonds. The molecule has 10 N–H and O–H groups in total. The van der Waals surface area contributed by atoms with Crippen molar-refractivity contribution in [3.05, 3.63) is 0 Å². The molecular formula is C20H60O10Ta2. The SMILES string of the molecule is CCO.CCO.CCO.CCO.CCO.CCO.CCO.CCO.CCO.CCO.[Ta].[Ta]. The molecule has 0 heterocycles. The average Bonchev–Trinajstić information content (AvgIpc) is 2.61. The molecule has 0 fully saturated rings. The molecule has 10 nitrogen and oxygen atoms in total. The molecule has 12 heteroatoms. The van der Waals surface area contributed by atoms with Crippen LogP contribution in [0.25, 0.3) is 0 Å². The topological polar surface area (TPSA) is 202 Å². The van der Waals surface area contributed by atoms with Crippen molar-refractivity contribution in [1.29, 1.82) is 0 Å². The number of hydrogen-bond acceptors (Lipinski definition) is 10. The van der Waals surface area contributed by atoms with E-state index >= 15 is 0 Å². The van der Waals surface area contributed by atoms with Gasteiger partial charge in [0, 0.05) is 111 Å². The van der Waals surface area contributed by atoms with E-state index in [9.17, 15) is 0 Å². The van der Waals surface area contributed by atoms with Crippen LogP contribution < -0.4 is 0 Å². The zero-order valence-electron chi connectivity index (χ0n) is 22.4. The molecule has 0 saturated heterocycles. The van der Waals surface area contributed by atoms with Crippen LogP contribution in [-0.2, 0) is 44.8 Å². The molecule has 210 valence electrons. The van der Waals surface area contributed by atoms with Gasteiger partial charge in [0.15, 0.2) is 0 Å². The van der Waals surface area contributed by atoms with Gasteiger partial charge in [-0.25, -0.2) is 0 Å². The molecule has 0 unspecified atom stereocenters. The van der Waals surface area contributed by atoms with Crippen LogP contribution in [0.1, 0.15) is 69.2 Å². The summed E-state index contributed by atoms with van der Waals surface area (Å²) in [5.74, 6) is 0. The van der Waals surface area contributed by atoms with Gasteiger partial charge in [-0.15, -0.1) is 0 Å². The Kier molecular flexibility index (Phi) is 604. The van der Waals surface area contributed by atoms with Gasteiger partial charge >= 0.3 is 0 Å². The molecular weight excluding hydrogens is 762 g/mol. The number of hydrogen-bond donors (Lipinski definition) is 10. The van der Waals surface area contributed by atoms with Gasteiger partial charge in [0.05, 0.1) is 0 Å². The third-order valence-corrected chi connectivity index (χ3v) is 0. The quantitative estimate of drug-likeness (QED) is 0.158. The predicted octanol–water partition coefficient (Wildman–Crippen LogP) is -0.0190. The monoisotopic (exact) mass is 822 g/mol. The van der Waals surface area contributed by atoms with Crippen molar-refractivity contribution in [1.82, 2.24) is 0 Å². The molecule has 0 rings (SSSR count). The molecule has 0 aromatic heterocycles. The molecule has 0 aromatic rings. The van der Waals surface area contributed by atoms with Crippen molar-refractivity contribution in [2.75, 3.05) is 66.1 Å². The smallest absolute Gasteiger partial charge is 0.0402 e. The maximum atomic E-state index is 7.57. The second-order valence-corrected chi connectivity index (χ2v) is 3.16. The van der Waals surface area contributed by atoms with Crippen LogP contribution in [-0.4, -0.2) is 117 Å². The van der Waals surface area contributed by atoms with Crippen LogP contribution in [0.3, 0.4) is 0 Å². The summed E-state index contributed by atoms with van der Waals surface area (Å²) in [7, 11) is 0. The normalized spacial score (nSPS) is 5.62. The Hall–Kier alpha value is 1.08. The van der Waals surface area contributed by atoms with Crippen molar-refractivity contribution < 1.29 is 95.8 Å². The Morgan fingerprint density at radius 2 is 0.219 bits per heavy atom. The number of aliphatic hydroxyl groups excluding tert-OH is 10. The van der Waals surface area contributed by atoms with Crippen LogP contribution in [0.4, 0.5) is 0 Å². The van der Waals surface area contributed by atoms with E-state index in [4.69, 9.17) is 51.1 Å². The molecule has 32 heavy (non-hydrogen) atoms. The van der Waals surface area contributed by atoms with Gasteiger partial charge < -0.3 is 51.1 Å². The first-order valence-electron chi connectivity index (χ1n) is 10.2. The van der Waals surface area contributed by atoms with Crippen molar-refractivity contribution in [2.45, 2.75) is 69.2 Å². The minimum atomic E-state index is 0. The largest absolute Gasteiger partial charge is 0.397 e. The first kappa shape index (κ1) is 76.6. The minimum absolute atomic E-state index is 0. The molecule has 0 bridgehead atoms. The summed E-state index contributed by atoms with van der Waals surface area (Å²) in [6, 6.07) is 0. The van der Waals surface area contributed by atoms with E-state index in [2.05, 4.69) is 0 Å². The van der Waals surface area contributed by atoms with Crippen LogP contribution in [0, 0.1) is 0 Å². The van der Waals surface area contributed by atoms with E-state index in [1.165, 1.54) is 0 Å². The molecule has 0 atom stereocenters. The molecule has 0 aromatic carbocycles. The summed E-state index contributed by atoms with van der Waals surface area (Å²) in [5, 5.41) is 75.7. The summed E-state index contributed by atoms with van der Waals surface area (Å²) in [6.07, 6.45) is 0. The summed E-state index contributed by atoms with van der Waals surface area (Å²) in [5.41, 5.74) is 0. The van der Waals surface area contributed by atoms with E-state index in [-0.39, 0.29) is 111 Å². The average molecular weight is 823 g/mol. The van der Waals surface area contributed by atoms with E-state index < -0.39 is 0 Å². The van der Waals surface area contributed by atoms with Crippen molar-refractivity contribution in [2.24, 2.45) is 0 Å². The summed E-state index contributed by atoms with van der Waals surface area (Å²) in [6.45, 7) is 19.3. The predicted molar refractivity (Wildman–Crippen MR) is 128 cm³/mol. The standard InChI is InChI=1S/10C2H6O.2Ta/c10*1-2-3;;/h10*3H,2H2,1H3;;. The molecule has 0 aliphatic rings. The second kappa shape index (κ2) is 252. The fourth-order valence-electron chi connectivity index (χ4n) is 0. The fourth-order valence-corrected chi connectivity index (χ4v) is 0. The first-order chi connectivity index (χ1) is 14.1. The van der Waals surface area contributed by atoms with E-state index in [0.29, 0.717) is 0 Å². The third-order valence-electron chi connectivity index (χ3n) is 0. The minimum Gasteiger partial charge on any atom is -0.397 e. The van der Waals surface area contributed by atoms with Gasteiger partial charge in [-0.1, -0.05) is 0 Å². The molecule has 0 saturated carbocycles. The van der Waals surface area contributed by atoms with Crippen LogP contribution in [0.5, 0.6) is 0 Å². The third kappa shape index (κ3) is 24100. The molecule has 0 aliphatic carbocycles. The van der Waals surface area contributed by atoms with Crippen molar-refractivity contribution >= 4 is 0 Å². The maximum absolute atomic E-state index is 7.57. The maximum Gasteiger partial charge on any atom is 0.0402 e. The van der Waals surface area contributed by atoms with E-state index in [1.54, 1.807) is 69.2 Å². The Labute approximate surface area is 230 Å². The molecule has 0 spiro atoms. The zero-order chi connectivity index (χ0) is 27.1. The van der Waals surface area contributed by atoms with Gasteiger partial charge in [0.25, 0.3) is 0 Å². The number of aliphatic hydroxyl groups is 10. The number of rotatable bonds is 0. The molecule has 2 radical (unpaired) electrons. The van der Waals surface area contributed by atoms with E-state index in [0.717, 1.165) is 0 Å². The second-order valence-electron chi connectivity index (χ2n) is 3.16. The van der Waals surface area contributed by atoms with Gasteiger partial charge in [-0.05, 0) is 69.2 Å².